The number of carbonyl (C=O) groups is 2. The van der Waals surface area contributed by atoms with Crippen LogP contribution in [0.25, 0.3) is 23.0 Å². The van der Waals surface area contributed by atoms with Crippen LogP contribution in [-0.4, -0.2) is 58.5 Å². The van der Waals surface area contributed by atoms with Gasteiger partial charge in [-0.15, -0.1) is 21.5 Å². The van der Waals surface area contributed by atoms with E-state index in [2.05, 4.69) is 25.6 Å². The molecule has 2 atom stereocenters. The van der Waals surface area contributed by atoms with E-state index in [-0.39, 0.29) is 30.2 Å². The predicted octanol–water partition coefficient (Wildman–Crippen LogP) is 5.00. The molecule has 0 spiro atoms. The lowest BCUT2D eigenvalue weighted by atomic mass is 9.93. The summed E-state index contributed by atoms with van der Waals surface area (Å²) in [5.41, 5.74) is 2.52. The Hall–Kier alpha value is -4.91. The van der Waals surface area contributed by atoms with E-state index >= 15 is 0 Å². The van der Waals surface area contributed by atoms with Crippen molar-refractivity contribution in [3.63, 3.8) is 0 Å². The SMILES string of the molecule is Cc1csc([C@H]2CCCN2C(=O)c2cc(-c3nnc([C@@](C)(Cc4ccccc4)NC(=O)O)o3)nc(-c3ccnn3C)c2)n1. The van der Waals surface area contributed by atoms with E-state index in [0.29, 0.717) is 29.2 Å². The van der Waals surface area contributed by atoms with Crippen LogP contribution in [0.2, 0.25) is 0 Å². The number of aryl methyl sites for hydroxylation is 2. The predicted molar refractivity (Wildman–Crippen MR) is 158 cm³/mol. The number of nitrogens with zero attached hydrogens (tertiary/aromatic N) is 7. The van der Waals surface area contributed by atoms with Crippen LogP contribution in [0.4, 0.5) is 4.79 Å². The first-order chi connectivity index (χ1) is 20.7. The van der Waals surface area contributed by atoms with E-state index in [4.69, 9.17) is 9.40 Å². The van der Waals surface area contributed by atoms with Crippen LogP contribution in [0.5, 0.6) is 0 Å². The van der Waals surface area contributed by atoms with Crippen LogP contribution in [0, 0.1) is 6.92 Å². The van der Waals surface area contributed by atoms with Gasteiger partial charge in [-0.3, -0.25) is 9.48 Å². The molecule has 5 aromatic rings. The second-order valence-corrected chi connectivity index (χ2v) is 11.7. The largest absolute Gasteiger partial charge is 0.465 e. The standard InChI is InChI=1S/C30H30N8O4S/c1-18-17-43-26(32-18)24-10-7-13-38(24)27(39)20-14-21(23-11-12-31-37(23)3)33-22(15-20)25-35-36-28(42-25)30(2,34-29(40)41)16-19-8-5-4-6-9-19/h4-6,8-9,11-12,14-15,17,24,34H,7,10,13,16H2,1-3H3,(H,40,41)/t24-,30-/m1/s1. The third-order valence-electron chi connectivity index (χ3n) is 7.49. The quantitative estimate of drug-likeness (QED) is 0.251. The van der Waals surface area contributed by atoms with E-state index < -0.39 is 11.6 Å². The van der Waals surface area contributed by atoms with Gasteiger partial charge in [0.05, 0.1) is 17.4 Å². The molecule has 43 heavy (non-hydrogen) atoms. The minimum Gasteiger partial charge on any atom is -0.465 e. The molecule has 13 heteroatoms. The Bertz CT molecular complexity index is 1780. The molecule has 0 radical (unpaired) electrons. The zero-order chi connectivity index (χ0) is 30.1. The van der Waals surface area contributed by atoms with Crippen LogP contribution in [0.1, 0.15) is 58.3 Å². The molecule has 5 heterocycles. The van der Waals surface area contributed by atoms with Gasteiger partial charge >= 0.3 is 6.09 Å². The van der Waals surface area contributed by atoms with Crippen molar-refractivity contribution in [1.82, 2.24) is 40.2 Å². The zero-order valence-electron chi connectivity index (χ0n) is 23.9. The number of carboxylic acid groups (broad SMARTS) is 1. The summed E-state index contributed by atoms with van der Waals surface area (Å²) < 4.78 is 7.77. The van der Waals surface area contributed by atoms with Gasteiger partial charge in [-0.1, -0.05) is 30.3 Å². The number of hydrogen-bond acceptors (Lipinski definition) is 9. The Labute approximate surface area is 251 Å². The number of aromatic nitrogens is 6. The third-order valence-corrected chi connectivity index (χ3v) is 8.55. The van der Waals surface area contributed by atoms with Gasteiger partial charge in [0.15, 0.2) is 0 Å². The molecule has 6 rings (SSSR count). The van der Waals surface area contributed by atoms with Gasteiger partial charge < -0.3 is 19.7 Å². The summed E-state index contributed by atoms with van der Waals surface area (Å²) in [6.45, 7) is 4.25. The number of pyridine rings is 1. The third kappa shape index (κ3) is 5.75. The monoisotopic (exact) mass is 598 g/mol. The fraction of sp³-hybridized carbons (Fsp3) is 0.300. The van der Waals surface area contributed by atoms with Crippen molar-refractivity contribution >= 4 is 23.3 Å². The Kier molecular flexibility index (Phi) is 7.48. The highest BCUT2D eigenvalue weighted by molar-refractivity contribution is 7.09. The second-order valence-electron chi connectivity index (χ2n) is 10.8. The topological polar surface area (TPSA) is 152 Å². The molecule has 1 aliphatic rings. The Balaban J connectivity index is 1.39. The van der Waals surface area contributed by atoms with Gasteiger partial charge in [-0.05, 0) is 50.5 Å². The smallest absolute Gasteiger partial charge is 0.405 e. The number of benzene rings is 1. The van der Waals surface area contributed by atoms with Gasteiger partial charge in [0, 0.05) is 42.8 Å². The number of hydrogen-bond donors (Lipinski definition) is 2. The van der Waals surface area contributed by atoms with Gasteiger partial charge in [-0.2, -0.15) is 5.10 Å². The molecule has 1 aliphatic heterocycles. The maximum atomic E-state index is 14.0. The average molecular weight is 599 g/mol. The molecule has 1 saturated heterocycles. The minimum atomic E-state index is -1.22. The number of rotatable bonds is 8. The summed E-state index contributed by atoms with van der Waals surface area (Å²) in [6.07, 6.45) is 2.43. The fourth-order valence-corrected chi connectivity index (χ4v) is 6.38. The summed E-state index contributed by atoms with van der Waals surface area (Å²) in [6, 6.07) is 14.5. The number of thiazole rings is 1. The minimum absolute atomic E-state index is 0.0630. The molecule has 220 valence electrons. The first-order valence-electron chi connectivity index (χ1n) is 13.8. The molecular weight excluding hydrogens is 568 g/mol. The van der Waals surface area contributed by atoms with Crippen LogP contribution in [-0.2, 0) is 19.0 Å². The van der Waals surface area contributed by atoms with Crippen LogP contribution >= 0.6 is 11.3 Å². The van der Waals surface area contributed by atoms with Crippen LogP contribution < -0.4 is 5.32 Å². The fourth-order valence-electron chi connectivity index (χ4n) is 5.44. The van der Waals surface area contributed by atoms with E-state index in [9.17, 15) is 14.7 Å². The molecule has 0 bridgehead atoms. The van der Waals surface area contributed by atoms with Crippen molar-refractivity contribution in [1.29, 1.82) is 0 Å². The normalized spacial score (nSPS) is 16.3. The highest BCUT2D eigenvalue weighted by atomic mass is 32.1. The van der Waals surface area contributed by atoms with Crippen LogP contribution in [0.15, 0.2) is 64.5 Å². The van der Waals surface area contributed by atoms with Crippen molar-refractivity contribution in [3.05, 3.63) is 87.8 Å². The summed E-state index contributed by atoms with van der Waals surface area (Å²) in [5.74, 6) is -0.00945. The molecule has 2 amide bonds. The molecule has 4 aromatic heterocycles. The molecule has 1 aromatic carbocycles. The molecule has 0 unspecified atom stereocenters. The Morgan fingerprint density at radius 2 is 1.93 bits per heavy atom. The lowest BCUT2D eigenvalue weighted by Gasteiger charge is -2.25. The molecule has 1 fully saturated rings. The highest BCUT2D eigenvalue weighted by Crippen LogP contribution is 2.36. The second kappa shape index (κ2) is 11.4. The molecule has 12 nitrogen and oxygen atoms in total. The number of amides is 2. The van der Waals surface area contributed by atoms with Crippen molar-refractivity contribution < 1.29 is 19.1 Å². The summed E-state index contributed by atoms with van der Waals surface area (Å²) in [7, 11) is 1.80. The zero-order valence-corrected chi connectivity index (χ0v) is 24.7. The maximum Gasteiger partial charge on any atom is 0.405 e. The average Bonchev–Trinajstić information content (AvgIpc) is 3.80. The van der Waals surface area contributed by atoms with Gasteiger partial charge in [0.25, 0.3) is 11.8 Å². The highest BCUT2D eigenvalue weighted by Gasteiger charge is 2.36. The lowest BCUT2D eigenvalue weighted by molar-refractivity contribution is 0.0735. The van der Waals surface area contributed by atoms with Gasteiger partial charge in [-0.25, -0.2) is 14.8 Å². The Morgan fingerprint density at radius 1 is 1.14 bits per heavy atom. The van der Waals surface area contributed by atoms with Gasteiger partial charge in [0.2, 0.25) is 5.89 Å². The van der Waals surface area contributed by atoms with E-state index in [1.54, 1.807) is 48.3 Å². The number of likely N-dealkylation sites (tertiary alicyclic amines) is 1. The van der Waals surface area contributed by atoms with Crippen molar-refractivity contribution in [3.8, 4) is 23.0 Å². The van der Waals surface area contributed by atoms with Gasteiger partial charge in [0.1, 0.15) is 16.2 Å². The summed E-state index contributed by atoms with van der Waals surface area (Å²) in [4.78, 5) is 37.1. The molecule has 2 N–H and O–H groups in total. The van der Waals surface area contributed by atoms with Crippen molar-refractivity contribution in [2.45, 2.75) is 44.7 Å². The van der Waals surface area contributed by atoms with Crippen molar-refractivity contribution in [2.24, 2.45) is 7.05 Å². The number of nitrogens with one attached hydrogen (secondary N) is 1. The summed E-state index contributed by atoms with van der Waals surface area (Å²) >= 11 is 1.57. The van der Waals surface area contributed by atoms with Crippen molar-refractivity contribution in [2.75, 3.05) is 6.54 Å². The van der Waals surface area contributed by atoms with Crippen LogP contribution in [0.3, 0.4) is 0 Å². The maximum absolute atomic E-state index is 14.0. The Morgan fingerprint density at radius 3 is 2.63 bits per heavy atom. The molecular formula is C30H30N8O4S. The first kappa shape index (κ1) is 28.2. The van der Waals surface area contributed by atoms with E-state index in [1.807, 2.05) is 53.6 Å². The lowest BCUT2D eigenvalue weighted by Crippen LogP contribution is -2.44. The van der Waals surface area contributed by atoms with E-state index in [1.165, 1.54) is 0 Å². The van der Waals surface area contributed by atoms with E-state index in [0.717, 1.165) is 29.1 Å². The molecule has 0 saturated carbocycles. The molecule has 0 aliphatic carbocycles. The number of carbonyl (C=O) groups excluding carboxylic acids is 1. The first-order valence-corrected chi connectivity index (χ1v) is 14.7. The summed E-state index contributed by atoms with van der Waals surface area (Å²) in [5, 5.41) is 27.8.